The molecule has 2 aliphatic heterocycles. The molecule has 0 aromatic carbocycles. The first-order valence-electron chi connectivity index (χ1n) is 8.17. The standard InChI is InChI=1S/C17H22N4OS/c18-10-16-13-23-9-8-21(16)17(22)15-3-6-20(7-4-15)12-14-2-1-5-19-11-14/h1-2,5,11,15-16H,3-4,6-9,12-13H2. The Kier molecular flexibility index (Phi) is 5.52. The molecule has 2 saturated heterocycles. The monoisotopic (exact) mass is 330 g/mol. The summed E-state index contributed by atoms with van der Waals surface area (Å²) in [4.78, 5) is 21.1. The van der Waals surface area contributed by atoms with E-state index in [0.717, 1.165) is 50.5 Å². The summed E-state index contributed by atoms with van der Waals surface area (Å²) >= 11 is 1.77. The van der Waals surface area contributed by atoms with Gasteiger partial charge in [-0.15, -0.1) is 0 Å². The Hall–Kier alpha value is -1.58. The summed E-state index contributed by atoms with van der Waals surface area (Å²) in [6.45, 7) is 3.49. The maximum atomic E-state index is 12.7. The largest absolute Gasteiger partial charge is 0.325 e. The first-order valence-corrected chi connectivity index (χ1v) is 9.32. The summed E-state index contributed by atoms with van der Waals surface area (Å²) in [5, 5.41) is 9.24. The molecule has 3 rings (SSSR count). The predicted molar refractivity (Wildman–Crippen MR) is 90.7 cm³/mol. The van der Waals surface area contributed by atoms with Gasteiger partial charge >= 0.3 is 0 Å². The SMILES string of the molecule is N#CC1CSCCN1C(=O)C1CCN(Cc2cccnc2)CC1. The maximum absolute atomic E-state index is 12.7. The van der Waals surface area contributed by atoms with E-state index in [1.807, 2.05) is 17.2 Å². The molecular weight excluding hydrogens is 308 g/mol. The van der Waals surface area contributed by atoms with Crippen LogP contribution in [-0.2, 0) is 11.3 Å². The van der Waals surface area contributed by atoms with Crippen LogP contribution in [0, 0.1) is 17.2 Å². The summed E-state index contributed by atoms with van der Waals surface area (Å²) in [6, 6.07) is 6.09. The second kappa shape index (κ2) is 7.80. The van der Waals surface area contributed by atoms with Crippen molar-refractivity contribution in [3.63, 3.8) is 0 Å². The Morgan fingerprint density at radius 1 is 1.39 bits per heavy atom. The molecule has 1 aromatic rings. The minimum absolute atomic E-state index is 0.0825. The lowest BCUT2D eigenvalue weighted by Crippen LogP contribution is -2.49. The Balaban J connectivity index is 1.52. The van der Waals surface area contributed by atoms with Crippen LogP contribution in [0.1, 0.15) is 18.4 Å². The van der Waals surface area contributed by atoms with Gasteiger partial charge in [0.25, 0.3) is 0 Å². The van der Waals surface area contributed by atoms with E-state index in [-0.39, 0.29) is 17.9 Å². The molecule has 1 unspecified atom stereocenters. The van der Waals surface area contributed by atoms with Gasteiger partial charge in [-0.05, 0) is 37.6 Å². The molecule has 2 aliphatic rings. The molecule has 1 aromatic heterocycles. The van der Waals surface area contributed by atoms with Gasteiger partial charge in [-0.3, -0.25) is 14.7 Å². The predicted octanol–water partition coefficient (Wildman–Crippen LogP) is 1.76. The maximum Gasteiger partial charge on any atom is 0.226 e. The molecule has 0 spiro atoms. The van der Waals surface area contributed by atoms with E-state index in [1.165, 1.54) is 5.56 Å². The summed E-state index contributed by atoms with van der Waals surface area (Å²) in [7, 11) is 0. The van der Waals surface area contributed by atoms with Crippen molar-refractivity contribution < 1.29 is 4.79 Å². The fourth-order valence-electron chi connectivity index (χ4n) is 3.30. The van der Waals surface area contributed by atoms with Crippen molar-refractivity contribution in [2.75, 3.05) is 31.1 Å². The third-order valence-corrected chi connectivity index (χ3v) is 5.65. The zero-order valence-corrected chi connectivity index (χ0v) is 14.0. The Bertz CT molecular complexity index is 566. The summed E-state index contributed by atoms with van der Waals surface area (Å²) < 4.78 is 0. The average molecular weight is 330 g/mol. The fourth-order valence-corrected chi connectivity index (χ4v) is 4.27. The molecule has 1 amide bonds. The van der Waals surface area contributed by atoms with Crippen LogP contribution in [0.3, 0.4) is 0 Å². The van der Waals surface area contributed by atoms with Crippen LogP contribution >= 0.6 is 11.8 Å². The van der Waals surface area contributed by atoms with Gasteiger partial charge in [0.2, 0.25) is 5.91 Å². The normalized spacial score (nSPS) is 23.4. The Morgan fingerprint density at radius 2 is 2.22 bits per heavy atom. The number of nitrogens with zero attached hydrogens (tertiary/aromatic N) is 4. The van der Waals surface area contributed by atoms with Crippen molar-refractivity contribution in [3.05, 3.63) is 30.1 Å². The number of carbonyl (C=O) groups excluding carboxylic acids is 1. The second-order valence-corrected chi connectivity index (χ2v) is 7.31. The van der Waals surface area contributed by atoms with Crippen LogP contribution in [0.25, 0.3) is 0 Å². The molecule has 122 valence electrons. The number of nitriles is 1. The zero-order valence-electron chi connectivity index (χ0n) is 13.2. The molecule has 3 heterocycles. The molecular formula is C17H22N4OS. The number of thioether (sulfide) groups is 1. The molecule has 0 N–H and O–H groups in total. The van der Waals surface area contributed by atoms with Gasteiger partial charge in [0.1, 0.15) is 6.04 Å². The third kappa shape index (κ3) is 4.04. The van der Waals surface area contributed by atoms with Gasteiger partial charge in [-0.2, -0.15) is 17.0 Å². The topological polar surface area (TPSA) is 60.2 Å². The van der Waals surface area contributed by atoms with Gasteiger partial charge in [-0.25, -0.2) is 0 Å². The fraction of sp³-hybridized carbons (Fsp3) is 0.588. The molecule has 5 nitrogen and oxygen atoms in total. The highest BCUT2D eigenvalue weighted by molar-refractivity contribution is 7.99. The van der Waals surface area contributed by atoms with E-state index >= 15 is 0 Å². The van der Waals surface area contributed by atoms with Crippen LogP contribution in [-0.4, -0.2) is 57.9 Å². The van der Waals surface area contributed by atoms with Crippen molar-refractivity contribution >= 4 is 17.7 Å². The van der Waals surface area contributed by atoms with Crippen molar-refractivity contribution in [2.24, 2.45) is 5.92 Å². The van der Waals surface area contributed by atoms with Crippen LogP contribution in [0.2, 0.25) is 0 Å². The third-order valence-electron chi connectivity index (χ3n) is 4.63. The molecule has 2 fully saturated rings. The van der Waals surface area contributed by atoms with E-state index in [4.69, 9.17) is 0 Å². The molecule has 0 radical (unpaired) electrons. The first-order chi connectivity index (χ1) is 11.3. The number of carbonyl (C=O) groups is 1. The summed E-state index contributed by atoms with van der Waals surface area (Å²) in [5.41, 5.74) is 1.22. The number of hydrogen-bond acceptors (Lipinski definition) is 5. The van der Waals surface area contributed by atoms with Crippen molar-refractivity contribution in [1.82, 2.24) is 14.8 Å². The molecule has 23 heavy (non-hydrogen) atoms. The van der Waals surface area contributed by atoms with Crippen LogP contribution < -0.4 is 0 Å². The first kappa shape index (κ1) is 16.3. The van der Waals surface area contributed by atoms with Crippen LogP contribution in [0.5, 0.6) is 0 Å². The van der Waals surface area contributed by atoms with E-state index in [1.54, 1.807) is 18.0 Å². The minimum Gasteiger partial charge on any atom is -0.325 e. The van der Waals surface area contributed by atoms with Gasteiger partial charge < -0.3 is 4.90 Å². The summed E-state index contributed by atoms with van der Waals surface area (Å²) in [6.07, 6.45) is 5.47. The highest BCUT2D eigenvalue weighted by atomic mass is 32.2. The molecule has 0 saturated carbocycles. The van der Waals surface area contributed by atoms with Gasteiger partial charge in [-0.1, -0.05) is 6.07 Å². The van der Waals surface area contributed by atoms with Crippen molar-refractivity contribution in [3.8, 4) is 6.07 Å². The highest BCUT2D eigenvalue weighted by Gasteiger charge is 2.33. The molecule has 0 aliphatic carbocycles. The minimum atomic E-state index is -0.241. The van der Waals surface area contributed by atoms with Crippen LogP contribution in [0.15, 0.2) is 24.5 Å². The Morgan fingerprint density at radius 3 is 2.91 bits per heavy atom. The second-order valence-electron chi connectivity index (χ2n) is 6.16. The number of pyridine rings is 1. The van der Waals surface area contributed by atoms with Crippen molar-refractivity contribution in [2.45, 2.75) is 25.4 Å². The number of likely N-dealkylation sites (tertiary alicyclic amines) is 1. The van der Waals surface area contributed by atoms with E-state index in [0.29, 0.717) is 0 Å². The number of hydrogen-bond donors (Lipinski definition) is 0. The lowest BCUT2D eigenvalue weighted by Gasteiger charge is -2.37. The lowest BCUT2D eigenvalue weighted by atomic mass is 9.94. The average Bonchev–Trinajstić information content (AvgIpc) is 2.62. The van der Waals surface area contributed by atoms with Crippen molar-refractivity contribution in [1.29, 1.82) is 5.26 Å². The quantitative estimate of drug-likeness (QED) is 0.845. The smallest absolute Gasteiger partial charge is 0.226 e. The van der Waals surface area contributed by atoms with E-state index in [2.05, 4.69) is 22.0 Å². The zero-order chi connectivity index (χ0) is 16.1. The number of piperidine rings is 1. The number of rotatable bonds is 3. The highest BCUT2D eigenvalue weighted by Crippen LogP contribution is 2.24. The Labute approximate surface area is 141 Å². The van der Waals surface area contributed by atoms with Gasteiger partial charge in [0.05, 0.1) is 6.07 Å². The van der Waals surface area contributed by atoms with Gasteiger partial charge in [0, 0.05) is 42.9 Å². The van der Waals surface area contributed by atoms with Crippen LogP contribution in [0.4, 0.5) is 0 Å². The lowest BCUT2D eigenvalue weighted by molar-refractivity contribution is -0.138. The number of aromatic nitrogens is 1. The number of amides is 1. The van der Waals surface area contributed by atoms with E-state index < -0.39 is 0 Å². The van der Waals surface area contributed by atoms with E-state index in [9.17, 15) is 10.1 Å². The summed E-state index contributed by atoms with van der Waals surface area (Å²) in [5.74, 6) is 1.98. The molecule has 0 bridgehead atoms. The molecule has 6 heteroatoms. The van der Waals surface area contributed by atoms with Gasteiger partial charge in [0.15, 0.2) is 0 Å². The molecule has 1 atom stereocenters.